The average Bonchev–Trinajstić information content (AvgIpc) is 3.13. The first-order chi connectivity index (χ1) is 13.7. The molecule has 2 aromatic carbocycles. The fourth-order valence-electron chi connectivity index (χ4n) is 2.99. The van der Waals surface area contributed by atoms with Gasteiger partial charge in [-0.15, -0.1) is 0 Å². The summed E-state index contributed by atoms with van der Waals surface area (Å²) in [6.07, 6.45) is 0. The number of anilines is 1. The van der Waals surface area contributed by atoms with Crippen LogP contribution in [0.2, 0.25) is 0 Å². The number of carbonyl (C=O) groups excluding carboxylic acids is 1. The summed E-state index contributed by atoms with van der Waals surface area (Å²) in [5, 5.41) is 0.574. The van der Waals surface area contributed by atoms with Crippen molar-refractivity contribution >= 4 is 42.4 Å². The van der Waals surface area contributed by atoms with Crippen molar-refractivity contribution in [3.05, 3.63) is 53.6 Å². The summed E-state index contributed by atoms with van der Waals surface area (Å²) in [6, 6.07) is 12.3. The Hall–Kier alpha value is -2.29. The van der Waals surface area contributed by atoms with Crippen LogP contribution in [0.25, 0.3) is 10.2 Å². The normalized spacial score (nSPS) is 11.9. The fourth-order valence-corrected chi connectivity index (χ4v) is 5.14. The number of amides is 1. The molecule has 0 saturated carbocycles. The molecule has 1 amide bonds. The van der Waals surface area contributed by atoms with Crippen LogP contribution in [0.4, 0.5) is 5.13 Å². The second-order valence-electron chi connectivity index (χ2n) is 7.08. The van der Waals surface area contributed by atoms with Gasteiger partial charge in [-0.3, -0.25) is 9.69 Å². The molecule has 0 fully saturated rings. The number of thiazole rings is 1. The van der Waals surface area contributed by atoms with E-state index in [4.69, 9.17) is 4.98 Å². The van der Waals surface area contributed by atoms with E-state index in [1.165, 1.54) is 17.4 Å². The molecule has 6 nitrogen and oxygen atoms in total. The second-order valence-corrected chi connectivity index (χ2v) is 10.3. The molecule has 29 heavy (non-hydrogen) atoms. The summed E-state index contributed by atoms with van der Waals surface area (Å²) >= 11 is 1.44. The maximum atomic E-state index is 13.5. The number of hydrogen-bond acceptors (Lipinski definition) is 6. The molecular weight excluding hydrogens is 406 g/mol. The molecule has 0 aliphatic rings. The summed E-state index contributed by atoms with van der Waals surface area (Å²) in [5.74, 6) is -0.411. The van der Waals surface area contributed by atoms with E-state index in [0.29, 0.717) is 18.2 Å². The topological polar surface area (TPSA) is 70.6 Å². The predicted molar refractivity (Wildman–Crippen MR) is 119 cm³/mol. The van der Waals surface area contributed by atoms with Crippen LogP contribution in [0.5, 0.6) is 0 Å². The summed E-state index contributed by atoms with van der Waals surface area (Å²) in [4.78, 5) is 21.9. The number of hydrogen-bond donors (Lipinski definition) is 0. The fraction of sp³-hybridized carbons (Fsp3) is 0.333. The molecular formula is C21H25N3O3S2. The van der Waals surface area contributed by atoms with Crippen molar-refractivity contribution in [3.8, 4) is 0 Å². The lowest BCUT2D eigenvalue weighted by Crippen LogP contribution is -2.37. The first-order valence-electron chi connectivity index (χ1n) is 9.39. The van der Waals surface area contributed by atoms with Crippen molar-refractivity contribution in [2.45, 2.75) is 18.7 Å². The Balaban J connectivity index is 2.10. The van der Waals surface area contributed by atoms with Crippen LogP contribution in [0.15, 0.2) is 47.4 Å². The van der Waals surface area contributed by atoms with E-state index in [1.54, 1.807) is 30.0 Å². The molecule has 0 saturated heterocycles. The number of para-hydroxylation sites is 1. The molecule has 0 aliphatic carbocycles. The molecule has 3 rings (SSSR count). The first kappa shape index (κ1) is 21.4. The van der Waals surface area contributed by atoms with Crippen molar-refractivity contribution in [2.24, 2.45) is 0 Å². The Morgan fingerprint density at radius 2 is 1.79 bits per heavy atom. The minimum absolute atomic E-state index is 0.0602. The van der Waals surface area contributed by atoms with Crippen molar-refractivity contribution < 1.29 is 13.2 Å². The van der Waals surface area contributed by atoms with Crippen LogP contribution < -0.4 is 4.90 Å². The smallest absolute Gasteiger partial charge is 0.261 e. The van der Waals surface area contributed by atoms with Gasteiger partial charge in [0.2, 0.25) is 0 Å². The monoisotopic (exact) mass is 431 g/mol. The zero-order valence-corrected chi connectivity index (χ0v) is 18.7. The number of carbonyl (C=O) groups is 1. The highest BCUT2D eigenvalue weighted by Gasteiger charge is 2.27. The van der Waals surface area contributed by atoms with Crippen molar-refractivity contribution in [2.75, 3.05) is 37.8 Å². The van der Waals surface area contributed by atoms with E-state index in [0.717, 1.165) is 15.8 Å². The van der Waals surface area contributed by atoms with Gasteiger partial charge in [-0.1, -0.05) is 42.5 Å². The van der Waals surface area contributed by atoms with Gasteiger partial charge in [-0.2, -0.15) is 0 Å². The second kappa shape index (κ2) is 8.61. The molecule has 0 aliphatic heterocycles. The molecule has 8 heteroatoms. The molecule has 154 valence electrons. The Morgan fingerprint density at radius 3 is 2.45 bits per heavy atom. The van der Waals surface area contributed by atoms with Crippen LogP contribution in [0.3, 0.4) is 0 Å². The Bertz CT molecular complexity index is 1140. The van der Waals surface area contributed by atoms with E-state index in [1.807, 2.05) is 44.1 Å². The van der Waals surface area contributed by atoms with Crippen molar-refractivity contribution in [1.82, 2.24) is 9.88 Å². The molecule has 0 radical (unpaired) electrons. The number of benzene rings is 2. The Labute approximate surface area is 175 Å². The Morgan fingerprint density at radius 1 is 1.07 bits per heavy atom. The first-order valence-corrected chi connectivity index (χ1v) is 11.9. The van der Waals surface area contributed by atoms with Crippen molar-refractivity contribution in [3.63, 3.8) is 0 Å². The van der Waals surface area contributed by atoms with E-state index in [-0.39, 0.29) is 22.1 Å². The lowest BCUT2D eigenvalue weighted by Gasteiger charge is -2.23. The standard InChI is InChI=1S/C21H25N3O3S2/c1-5-29(26,27)18-12-7-6-10-16(18)20(25)24(14-13-23(3)4)21-22-19-15(2)9-8-11-17(19)28-21/h6-12H,5,13-14H2,1-4H3. The third kappa shape index (κ3) is 4.49. The average molecular weight is 432 g/mol. The largest absolute Gasteiger partial charge is 0.308 e. The zero-order valence-electron chi connectivity index (χ0n) is 17.0. The SMILES string of the molecule is CCS(=O)(=O)c1ccccc1C(=O)N(CCN(C)C)c1nc2c(C)cccc2s1. The number of rotatable bonds is 7. The van der Waals surface area contributed by atoms with Crippen LogP contribution >= 0.6 is 11.3 Å². The van der Waals surface area contributed by atoms with Gasteiger partial charge in [0.25, 0.3) is 5.91 Å². The van der Waals surface area contributed by atoms with E-state index < -0.39 is 9.84 Å². The lowest BCUT2D eigenvalue weighted by atomic mass is 10.2. The molecule has 1 aromatic heterocycles. The number of aryl methyl sites for hydroxylation is 1. The number of aromatic nitrogens is 1. The molecule has 3 aromatic rings. The minimum Gasteiger partial charge on any atom is -0.308 e. The van der Waals surface area contributed by atoms with Gasteiger partial charge in [0.05, 0.1) is 26.4 Å². The zero-order chi connectivity index (χ0) is 21.2. The maximum absolute atomic E-state index is 13.5. The van der Waals surface area contributed by atoms with Crippen LogP contribution in [-0.4, -0.2) is 57.1 Å². The van der Waals surface area contributed by atoms with E-state index in [2.05, 4.69) is 0 Å². The third-order valence-corrected chi connectivity index (χ3v) is 7.52. The highest BCUT2D eigenvalue weighted by atomic mass is 32.2. The van der Waals surface area contributed by atoms with Crippen molar-refractivity contribution in [1.29, 1.82) is 0 Å². The summed E-state index contributed by atoms with van der Waals surface area (Å²) < 4.78 is 26.1. The van der Waals surface area contributed by atoms with Crippen LogP contribution in [0, 0.1) is 6.92 Å². The van der Waals surface area contributed by atoms with Gasteiger partial charge < -0.3 is 4.90 Å². The van der Waals surface area contributed by atoms with Crippen LogP contribution in [0.1, 0.15) is 22.8 Å². The quantitative estimate of drug-likeness (QED) is 0.572. The van der Waals surface area contributed by atoms with Gasteiger partial charge in [-0.05, 0) is 44.8 Å². The lowest BCUT2D eigenvalue weighted by molar-refractivity contribution is 0.0982. The van der Waals surface area contributed by atoms with Crippen LogP contribution in [-0.2, 0) is 9.84 Å². The number of nitrogens with zero attached hydrogens (tertiary/aromatic N) is 3. The molecule has 0 unspecified atom stereocenters. The summed E-state index contributed by atoms with van der Waals surface area (Å²) in [5.41, 5.74) is 2.09. The van der Waals surface area contributed by atoms with E-state index >= 15 is 0 Å². The van der Waals surface area contributed by atoms with E-state index in [9.17, 15) is 13.2 Å². The Kier molecular flexibility index (Phi) is 6.36. The molecule has 0 bridgehead atoms. The molecule has 1 heterocycles. The summed E-state index contributed by atoms with van der Waals surface area (Å²) in [7, 11) is 0.335. The predicted octanol–water partition coefficient (Wildman–Crippen LogP) is 3.61. The van der Waals surface area contributed by atoms with Gasteiger partial charge in [-0.25, -0.2) is 13.4 Å². The third-order valence-electron chi connectivity index (χ3n) is 4.69. The minimum atomic E-state index is -3.53. The van der Waals surface area contributed by atoms with Gasteiger partial charge in [0.15, 0.2) is 15.0 Å². The highest BCUT2D eigenvalue weighted by Crippen LogP contribution is 2.32. The number of fused-ring (bicyclic) bond motifs is 1. The number of sulfone groups is 1. The summed E-state index contributed by atoms with van der Waals surface area (Å²) in [6.45, 7) is 4.60. The van der Waals surface area contributed by atoms with Gasteiger partial charge >= 0.3 is 0 Å². The number of likely N-dealkylation sites (N-methyl/N-ethyl adjacent to an activating group) is 1. The maximum Gasteiger partial charge on any atom is 0.261 e. The van der Waals surface area contributed by atoms with Gasteiger partial charge in [0.1, 0.15) is 0 Å². The molecule has 0 atom stereocenters. The molecule has 0 spiro atoms. The van der Waals surface area contributed by atoms with Gasteiger partial charge in [0, 0.05) is 13.1 Å². The highest BCUT2D eigenvalue weighted by molar-refractivity contribution is 7.91. The molecule has 0 N–H and O–H groups in total.